The van der Waals surface area contributed by atoms with Gasteiger partial charge < -0.3 is 14.4 Å². The normalized spacial score (nSPS) is 16.1. The molecule has 23 heavy (non-hydrogen) atoms. The van der Waals surface area contributed by atoms with Crippen molar-refractivity contribution < 1.29 is 14.3 Å². The molecule has 0 spiro atoms. The fourth-order valence-corrected chi connectivity index (χ4v) is 2.85. The van der Waals surface area contributed by atoms with E-state index in [1.54, 1.807) is 0 Å². The molecule has 0 fully saturated rings. The summed E-state index contributed by atoms with van der Waals surface area (Å²) in [6.45, 7) is 1.03. The first-order chi connectivity index (χ1) is 11.3. The minimum absolute atomic E-state index is 0.0733. The molecular weight excluding hydrogens is 290 g/mol. The fraction of sp³-hybridized carbons (Fsp3) is 0.316. The van der Waals surface area contributed by atoms with Crippen LogP contribution in [0, 0.1) is 0 Å². The van der Waals surface area contributed by atoms with Gasteiger partial charge in [0.15, 0.2) is 0 Å². The third-order valence-corrected chi connectivity index (χ3v) is 4.12. The molecule has 1 heterocycles. The second-order valence-corrected chi connectivity index (χ2v) is 5.61. The number of amides is 1. The molecule has 1 atom stereocenters. The van der Waals surface area contributed by atoms with Crippen molar-refractivity contribution in [2.75, 3.05) is 20.3 Å². The van der Waals surface area contributed by atoms with Gasteiger partial charge >= 0.3 is 0 Å². The molecule has 0 saturated heterocycles. The lowest BCUT2D eigenvalue weighted by molar-refractivity contribution is -0.133. The van der Waals surface area contributed by atoms with Crippen LogP contribution in [0.1, 0.15) is 24.4 Å². The van der Waals surface area contributed by atoms with Crippen molar-refractivity contribution in [1.82, 2.24) is 4.90 Å². The Morgan fingerprint density at radius 2 is 1.91 bits per heavy atom. The lowest BCUT2D eigenvalue weighted by Gasteiger charge is -2.33. The van der Waals surface area contributed by atoms with E-state index in [2.05, 4.69) is 0 Å². The molecule has 120 valence electrons. The summed E-state index contributed by atoms with van der Waals surface area (Å²) in [4.78, 5) is 14.3. The van der Waals surface area contributed by atoms with Crippen LogP contribution in [0.2, 0.25) is 0 Å². The number of hydrogen-bond acceptors (Lipinski definition) is 3. The maximum atomic E-state index is 12.4. The van der Waals surface area contributed by atoms with Crippen molar-refractivity contribution in [2.24, 2.45) is 0 Å². The van der Waals surface area contributed by atoms with E-state index in [4.69, 9.17) is 9.47 Å². The van der Waals surface area contributed by atoms with Crippen molar-refractivity contribution in [3.8, 4) is 11.5 Å². The average Bonchev–Trinajstić information content (AvgIpc) is 2.61. The highest BCUT2D eigenvalue weighted by atomic mass is 16.5. The molecule has 1 aliphatic rings. The smallest absolute Gasteiger partial charge is 0.226 e. The summed E-state index contributed by atoms with van der Waals surface area (Å²) in [5.41, 5.74) is 1.08. The average molecular weight is 311 g/mol. The number of hydrogen-bond donors (Lipinski definition) is 0. The number of benzene rings is 2. The van der Waals surface area contributed by atoms with Gasteiger partial charge in [0.05, 0.1) is 25.7 Å². The topological polar surface area (TPSA) is 38.8 Å². The van der Waals surface area contributed by atoms with Crippen LogP contribution in [-0.4, -0.2) is 31.1 Å². The van der Waals surface area contributed by atoms with Gasteiger partial charge in [0.25, 0.3) is 0 Å². The Labute approximate surface area is 136 Å². The Bertz CT molecular complexity index is 657. The molecule has 1 unspecified atom stereocenters. The molecule has 4 nitrogen and oxygen atoms in total. The standard InChI is InChI=1S/C19H21NO3/c1-20(17-11-13-23-18-10-6-5-9-16(17)18)19(21)12-14-22-15-7-3-2-4-8-15/h2-10,17H,11-14H2,1H3. The van der Waals surface area contributed by atoms with Gasteiger partial charge in [-0.3, -0.25) is 4.79 Å². The Kier molecular flexibility index (Phi) is 4.81. The zero-order valence-corrected chi connectivity index (χ0v) is 13.3. The van der Waals surface area contributed by atoms with E-state index in [0.717, 1.165) is 23.5 Å². The molecule has 2 aromatic carbocycles. The van der Waals surface area contributed by atoms with E-state index in [1.165, 1.54) is 0 Å². The highest BCUT2D eigenvalue weighted by Crippen LogP contribution is 2.35. The van der Waals surface area contributed by atoms with E-state index < -0.39 is 0 Å². The third-order valence-electron chi connectivity index (χ3n) is 4.12. The molecule has 4 heteroatoms. The first kappa shape index (κ1) is 15.4. The van der Waals surface area contributed by atoms with E-state index in [9.17, 15) is 4.79 Å². The van der Waals surface area contributed by atoms with Crippen molar-refractivity contribution in [1.29, 1.82) is 0 Å². The summed E-state index contributed by atoms with van der Waals surface area (Å²) in [7, 11) is 1.86. The van der Waals surface area contributed by atoms with Crippen LogP contribution >= 0.6 is 0 Å². The van der Waals surface area contributed by atoms with Crippen LogP contribution < -0.4 is 9.47 Å². The molecule has 0 aliphatic carbocycles. The molecule has 0 bridgehead atoms. The van der Waals surface area contributed by atoms with Gasteiger partial charge in [0.2, 0.25) is 5.91 Å². The summed E-state index contributed by atoms with van der Waals surface area (Å²) in [6, 6.07) is 17.6. The Morgan fingerprint density at radius 1 is 1.17 bits per heavy atom. The highest BCUT2D eigenvalue weighted by Gasteiger charge is 2.27. The van der Waals surface area contributed by atoms with Crippen molar-refractivity contribution in [3.05, 3.63) is 60.2 Å². The van der Waals surface area contributed by atoms with Crippen molar-refractivity contribution in [2.45, 2.75) is 18.9 Å². The van der Waals surface area contributed by atoms with E-state index in [0.29, 0.717) is 19.6 Å². The highest BCUT2D eigenvalue weighted by molar-refractivity contribution is 5.76. The molecule has 0 aromatic heterocycles. The fourth-order valence-electron chi connectivity index (χ4n) is 2.85. The maximum Gasteiger partial charge on any atom is 0.226 e. The Morgan fingerprint density at radius 3 is 2.74 bits per heavy atom. The van der Waals surface area contributed by atoms with Crippen LogP contribution in [0.15, 0.2) is 54.6 Å². The maximum absolute atomic E-state index is 12.4. The summed E-state index contributed by atoms with van der Waals surface area (Å²) < 4.78 is 11.3. The third kappa shape index (κ3) is 3.65. The van der Waals surface area contributed by atoms with Crippen LogP contribution in [0.5, 0.6) is 11.5 Å². The second-order valence-electron chi connectivity index (χ2n) is 5.61. The molecule has 0 saturated carbocycles. The monoisotopic (exact) mass is 311 g/mol. The largest absolute Gasteiger partial charge is 0.493 e. The zero-order valence-electron chi connectivity index (χ0n) is 13.3. The van der Waals surface area contributed by atoms with Crippen LogP contribution in [0.4, 0.5) is 0 Å². The number of carbonyl (C=O) groups excluding carboxylic acids is 1. The lowest BCUT2D eigenvalue weighted by atomic mass is 9.99. The summed E-state index contributed by atoms with van der Waals surface area (Å²) in [6.07, 6.45) is 1.18. The van der Waals surface area contributed by atoms with Crippen molar-refractivity contribution >= 4 is 5.91 Å². The first-order valence-corrected chi connectivity index (χ1v) is 7.91. The molecule has 1 amide bonds. The zero-order chi connectivity index (χ0) is 16.1. The van der Waals surface area contributed by atoms with Gasteiger partial charge in [0.1, 0.15) is 11.5 Å². The number of para-hydroxylation sites is 2. The number of rotatable bonds is 5. The Hall–Kier alpha value is -2.49. The predicted molar refractivity (Wildman–Crippen MR) is 88.6 cm³/mol. The number of ether oxygens (including phenoxy) is 2. The lowest BCUT2D eigenvalue weighted by Crippen LogP contribution is -2.35. The molecule has 0 N–H and O–H groups in total. The summed E-state index contributed by atoms with van der Waals surface area (Å²) >= 11 is 0. The van der Waals surface area contributed by atoms with Gasteiger partial charge in [-0.05, 0) is 18.2 Å². The quantitative estimate of drug-likeness (QED) is 0.849. The SMILES string of the molecule is CN(C(=O)CCOc1ccccc1)C1CCOc2ccccc21. The molecular formula is C19H21NO3. The summed E-state index contributed by atoms with van der Waals surface area (Å²) in [5, 5.41) is 0. The van der Waals surface area contributed by atoms with Crippen LogP contribution in [-0.2, 0) is 4.79 Å². The number of fused-ring (bicyclic) bond motifs is 1. The minimum atomic E-state index is 0.0733. The van der Waals surface area contributed by atoms with Gasteiger partial charge in [-0.2, -0.15) is 0 Å². The van der Waals surface area contributed by atoms with E-state index in [1.807, 2.05) is 66.5 Å². The predicted octanol–water partition coefficient (Wildman–Crippen LogP) is 3.44. The second kappa shape index (κ2) is 7.18. The van der Waals surface area contributed by atoms with Crippen molar-refractivity contribution in [3.63, 3.8) is 0 Å². The van der Waals surface area contributed by atoms with Gasteiger partial charge in [-0.25, -0.2) is 0 Å². The van der Waals surface area contributed by atoms with Crippen LogP contribution in [0.25, 0.3) is 0 Å². The first-order valence-electron chi connectivity index (χ1n) is 7.91. The molecule has 0 radical (unpaired) electrons. The molecule has 1 aliphatic heterocycles. The Balaban J connectivity index is 1.58. The van der Waals surface area contributed by atoms with Crippen LogP contribution in [0.3, 0.4) is 0 Å². The van der Waals surface area contributed by atoms with E-state index >= 15 is 0 Å². The van der Waals surface area contributed by atoms with Gasteiger partial charge in [-0.1, -0.05) is 36.4 Å². The van der Waals surface area contributed by atoms with E-state index in [-0.39, 0.29) is 11.9 Å². The summed E-state index contributed by atoms with van der Waals surface area (Å²) in [5.74, 6) is 1.76. The minimum Gasteiger partial charge on any atom is -0.493 e. The molecule has 2 aromatic rings. The van der Waals surface area contributed by atoms with Gasteiger partial charge in [0, 0.05) is 19.0 Å². The molecule has 3 rings (SSSR count). The number of nitrogens with zero attached hydrogens (tertiary/aromatic N) is 1. The van der Waals surface area contributed by atoms with Gasteiger partial charge in [-0.15, -0.1) is 0 Å². The number of carbonyl (C=O) groups is 1.